The number of primary amides is 1. The average molecular weight is 396 g/mol. The summed E-state index contributed by atoms with van der Waals surface area (Å²) in [6.45, 7) is 6.65. The van der Waals surface area contributed by atoms with E-state index >= 15 is 0 Å². The first-order valence-electron chi connectivity index (χ1n) is 10.1. The fourth-order valence-electron chi connectivity index (χ4n) is 3.61. The highest BCUT2D eigenvalue weighted by molar-refractivity contribution is 5.93. The van der Waals surface area contributed by atoms with E-state index in [1.165, 1.54) is 11.1 Å². The molecule has 5 heteroatoms. The van der Waals surface area contributed by atoms with Gasteiger partial charge >= 0.3 is 0 Å². The maximum atomic E-state index is 12.5. The van der Waals surface area contributed by atoms with Gasteiger partial charge < -0.3 is 16.0 Å². The van der Waals surface area contributed by atoms with Crippen molar-refractivity contribution in [3.63, 3.8) is 0 Å². The van der Waals surface area contributed by atoms with E-state index in [4.69, 9.17) is 5.73 Å². The molecule has 2 aromatic carbocycles. The van der Waals surface area contributed by atoms with Crippen LogP contribution in [0.1, 0.15) is 51.9 Å². The van der Waals surface area contributed by atoms with Crippen LogP contribution in [0.4, 0.5) is 0 Å². The molecule has 0 saturated carbocycles. The molecule has 29 heavy (non-hydrogen) atoms. The third-order valence-electron chi connectivity index (χ3n) is 5.55. The second-order valence-electron chi connectivity index (χ2n) is 8.09. The second-order valence-corrected chi connectivity index (χ2v) is 8.09. The van der Waals surface area contributed by atoms with Gasteiger partial charge in [0.2, 0.25) is 11.8 Å². The first-order valence-corrected chi connectivity index (χ1v) is 10.1. The van der Waals surface area contributed by atoms with Gasteiger partial charge in [0.1, 0.15) is 0 Å². The smallest absolute Gasteiger partial charge is 0.248 e. The van der Waals surface area contributed by atoms with Crippen LogP contribution in [0.3, 0.4) is 0 Å². The molecule has 5 nitrogen and oxygen atoms in total. The Labute approximate surface area is 174 Å². The van der Waals surface area contributed by atoms with Crippen molar-refractivity contribution in [3.8, 4) is 0 Å². The Morgan fingerprint density at radius 1 is 1.07 bits per heavy atom. The van der Waals surface area contributed by atoms with Gasteiger partial charge in [-0.15, -0.1) is 0 Å². The molecule has 0 fully saturated rings. The highest BCUT2D eigenvalue weighted by atomic mass is 16.1. The van der Waals surface area contributed by atoms with Crippen LogP contribution in [0.15, 0.2) is 42.5 Å². The van der Waals surface area contributed by atoms with Gasteiger partial charge in [0.15, 0.2) is 0 Å². The van der Waals surface area contributed by atoms with Crippen molar-refractivity contribution < 1.29 is 9.59 Å². The Morgan fingerprint density at radius 3 is 2.17 bits per heavy atom. The molecule has 0 aliphatic rings. The van der Waals surface area contributed by atoms with E-state index in [2.05, 4.69) is 29.3 Å². The molecule has 0 heterocycles. The van der Waals surface area contributed by atoms with Crippen molar-refractivity contribution in [2.24, 2.45) is 5.73 Å². The number of benzene rings is 2. The number of nitrogens with two attached hydrogens (primary N) is 1. The molecule has 0 radical (unpaired) electrons. The zero-order valence-corrected chi connectivity index (χ0v) is 18.2. The minimum atomic E-state index is -0.410. The van der Waals surface area contributed by atoms with Gasteiger partial charge in [-0.1, -0.05) is 37.3 Å². The Kier molecular flexibility index (Phi) is 7.97. The summed E-state index contributed by atoms with van der Waals surface area (Å²) in [7, 11) is 4.04. The molecule has 0 aliphatic heterocycles. The van der Waals surface area contributed by atoms with E-state index in [-0.39, 0.29) is 17.9 Å². The van der Waals surface area contributed by atoms with E-state index in [0.717, 1.165) is 17.5 Å². The molecule has 0 saturated heterocycles. The molecular weight excluding hydrogens is 362 g/mol. The number of hydrogen-bond donors (Lipinski definition) is 2. The van der Waals surface area contributed by atoms with Crippen LogP contribution >= 0.6 is 0 Å². The predicted molar refractivity (Wildman–Crippen MR) is 118 cm³/mol. The number of aryl methyl sites for hydroxylation is 2. The Hall–Kier alpha value is -2.66. The molecule has 2 aromatic rings. The number of rotatable bonds is 9. The zero-order valence-electron chi connectivity index (χ0n) is 18.2. The van der Waals surface area contributed by atoms with Crippen molar-refractivity contribution in [3.05, 3.63) is 70.3 Å². The van der Waals surface area contributed by atoms with Crippen LogP contribution < -0.4 is 11.1 Å². The molecule has 0 aromatic heterocycles. The van der Waals surface area contributed by atoms with Gasteiger partial charge in [-0.25, -0.2) is 0 Å². The second kappa shape index (κ2) is 10.2. The summed E-state index contributed by atoms with van der Waals surface area (Å²) in [6, 6.07) is 13.9. The molecule has 3 N–H and O–H groups in total. The minimum Gasteiger partial charge on any atom is -0.366 e. The molecule has 0 aliphatic carbocycles. The summed E-state index contributed by atoms with van der Waals surface area (Å²) in [5, 5.41) is 3.10. The van der Waals surface area contributed by atoms with Gasteiger partial charge in [-0.05, 0) is 74.7 Å². The summed E-state index contributed by atoms with van der Waals surface area (Å²) in [4.78, 5) is 26.1. The number of hydrogen-bond acceptors (Lipinski definition) is 3. The Bertz CT molecular complexity index is 823. The van der Waals surface area contributed by atoms with Crippen molar-refractivity contribution in [1.29, 1.82) is 0 Å². The van der Waals surface area contributed by atoms with E-state index in [1.807, 2.05) is 58.3 Å². The maximum absolute atomic E-state index is 12.5. The standard InChI is InChI=1S/C24H33N3O2/c1-16(19-9-7-6-8-10-19)13-23(28)26-15-21(27(4)5)14-22-17(2)11-20(24(25)29)12-18(22)3/h6-12,16,21H,13-15H2,1-5H3,(H2,25,29)(H,26,28)/t16-,21-/m0/s1. The first kappa shape index (κ1) is 22.6. The Morgan fingerprint density at radius 2 is 1.66 bits per heavy atom. The number of carbonyl (C=O) groups is 2. The predicted octanol–water partition coefficient (Wildman–Crippen LogP) is 3.19. The molecular formula is C24H33N3O2. The molecule has 0 spiro atoms. The van der Waals surface area contributed by atoms with Crippen molar-refractivity contribution in [2.75, 3.05) is 20.6 Å². The highest BCUT2D eigenvalue weighted by Crippen LogP contribution is 2.20. The number of amides is 2. The van der Waals surface area contributed by atoms with Crippen LogP contribution in [0.5, 0.6) is 0 Å². The third-order valence-corrected chi connectivity index (χ3v) is 5.55. The lowest BCUT2D eigenvalue weighted by Gasteiger charge is -2.26. The molecule has 2 amide bonds. The average Bonchev–Trinajstić information content (AvgIpc) is 2.66. The van der Waals surface area contributed by atoms with Crippen molar-refractivity contribution in [2.45, 2.75) is 45.6 Å². The molecule has 2 rings (SSSR count). The quantitative estimate of drug-likeness (QED) is 0.685. The van der Waals surface area contributed by atoms with Crippen LogP contribution in [0.25, 0.3) is 0 Å². The van der Waals surface area contributed by atoms with Crippen molar-refractivity contribution in [1.82, 2.24) is 10.2 Å². The number of likely N-dealkylation sites (N-methyl/N-ethyl adjacent to an activating group) is 1. The van der Waals surface area contributed by atoms with E-state index in [9.17, 15) is 9.59 Å². The van der Waals surface area contributed by atoms with Gasteiger partial charge in [0.25, 0.3) is 0 Å². The fraction of sp³-hybridized carbons (Fsp3) is 0.417. The minimum absolute atomic E-state index is 0.0609. The number of carbonyl (C=O) groups excluding carboxylic acids is 2. The summed E-state index contributed by atoms with van der Waals surface area (Å²) in [6.07, 6.45) is 1.26. The van der Waals surface area contributed by atoms with Crippen LogP contribution in [0.2, 0.25) is 0 Å². The lowest BCUT2D eigenvalue weighted by Crippen LogP contribution is -2.42. The summed E-state index contributed by atoms with van der Waals surface area (Å²) in [5.41, 5.74) is 10.4. The largest absolute Gasteiger partial charge is 0.366 e. The number of nitrogens with zero attached hydrogens (tertiary/aromatic N) is 1. The monoisotopic (exact) mass is 395 g/mol. The van der Waals surface area contributed by atoms with Gasteiger partial charge in [0, 0.05) is 24.6 Å². The third kappa shape index (κ3) is 6.43. The first-order chi connectivity index (χ1) is 13.7. The normalized spacial score (nSPS) is 13.2. The van der Waals surface area contributed by atoms with E-state index in [1.54, 1.807) is 0 Å². The van der Waals surface area contributed by atoms with Gasteiger partial charge in [-0.2, -0.15) is 0 Å². The molecule has 0 bridgehead atoms. The van der Waals surface area contributed by atoms with Crippen LogP contribution in [-0.2, 0) is 11.2 Å². The Balaban J connectivity index is 2.00. The molecule has 2 atom stereocenters. The fourth-order valence-corrected chi connectivity index (χ4v) is 3.61. The van der Waals surface area contributed by atoms with E-state index < -0.39 is 5.91 Å². The SMILES string of the molecule is Cc1cc(C(N)=O)cc(C)c1C[C@@H](CNC(=O)C[C@H](C)c1ccccc1)N(C)C. The zero-order chi connectivity index (χ0) is 21.6. The van der Waals surface area contributed by atoms with Crippen LogP contribution in [0, 0.1) is 13.8 Å². The molecule has 0 unspecified atom stereocenters. The topological polar surface area (TPSA) is 75.4 Å². The van der Waals surface area contributed by atoms with Crippen LogP contribution in [-0.4, -0.2) is 43.4 Å². The lowest BCUT2D eigenvalue weighted by molar-refractivity contribution is -0.121. The summed E-state index contributed by atoms with van der Waals surface area (Å²) in [5.74, 6) is -0.169. The summed E-state index contributed by atoms with van der Waals surface area (Å²) < 4.78 is 0. The van der Waals surface area contributed by atoms with Crippen molar-refractivity contribution >= 4 is 11.8 Å². The maximum Gasteiger partial charge on any atom is 0.248 e. The van der Waals surface area contributed by atoms with E-state index in [0.29, 0.717) is 18.5 Å². The highest BCUT2D eigenvalue weighted by Gasteiger charge is 2.18. The lowest BCUT2D eigenvalue weighted by atomic mass is 9.93. The molecule has 156 valence electrons. The number of nitrogens with one attached hydrogen (secondary N) is 1. The van der Waals surface area contributed by atoms with Gasteiger partial charge in [-0.3, -0.25) is 9.59 Å². The van der Waals surface area contributed by atoms with Gasteiger partial charge in [0.05, 0.1) is 0 Å². The summed E-state index contributed by atoms with van der Waals surface area (Å²) >= 11 is 0.